The molecule has 8 heteroatoms. The van der Waals surface area contributed by atoms with Crippen LogP contribution in [0.4, 0.5) is 0 Å². The van der Waals surface area contributed by atoms with E-state index < -0.39 is 43.0 Å². The predicted molar refractivity (Wildman–Crippen MR) is 69.2 cm³/mol. The summed E-state index contributed by atoms with van der Waals surface area (Å²) in [6.07, 6.45) is -1.12. The number of hydrogen-bond donors (Lipinski definition) is 2. The second-order valence-corrected chi connectivity index (χ2v) is 4.45. The fourth-order valence-electron chi connectivity index (χ4n) is 1.71. The van der Waals surface area contributed by atoms with Crippen molar-refractivity contribution in [1.82, 2.24) is 0 Å². The Balaban J connectivity index is 4.81. The molecule has 0 rings (SSSR count). The lowest BCUT2D eigenvalue weighted by Gasteiger charge is -2.25. The minimum Gasteiger partial charge on any atom is -0.481 e. The number of carboxylic acids is 2. The molecule has 0 amide bonds. The van der Waals surface area contributed by atoms with Crippen molar-refractivity contribution >= 4 is 23.9 Å². The summed E-state index contributed by atoms with van der Waals surface area (Å²) in [6, 6.07) is 0. The largest absolute Gasteiger partial charge is 0.481 e. The molecular formula is C13H20O8. The van der Waals surface area contributed by atoms with E-state index >= 15 is 0 Å². The molecule has 120 valence electrons. The lowest BCUT2D eigenvalue weighted by Crippen LogP contribution is -2.33. The maximum absolute atomic E-state index is 11.4. The summed E-state index contributed by atoms with van der Waals surface area (Å²) in [5.74, 6) is -5.11. The number of hydrogen-bond acceptors (Lipinski definition) is 6. The predicted octanol–water partition coefficient (Wildman–Crippen LogP) is 1.17. The topological polar surface area (TPSA) is 127 Å². The lowest BCUT2D eigenvalue weighted by molar-refractivity contribution is -0.199. The molecule has 0 fully saturated rings. The van der Waals surface area contributed by atoms with E-state index in [4.69, 9.17) is 19.7 Å². The Hall–Kier alpha value is -2.12. The van der Waals surface area contributed by atoms with Gasteiger partial charge in [0.25, 0.3) is 0 Å². The molecule has 0 radical (unpaired) electrons. The fraction of sp³-hybridized carbons (Fsp3) is 0.692. The molecule has 0 aliphatic rings. The zero-order valence-electron chi connectivity index (χ0n) is 12.0. The van der Waals surface area contributed by atoms with Crippen LogP contribution in [0.25, 0.3) is 0 Å². The Labute approximate surface area is 122 Å². The smallest absolute Gasteiger partial charge is 0.320 e. The van der Waals surface area contributed by atoms with Crippen LogP contribution in [-0.4, -0.2) is 40.4 Å². The summed E-state index contributed by atoms with van der Waals surface area (Å²) in [6.45, 7) is 3.68. The second-order valence-electron chi connectivity index (χ2n) is 4.45. The van der Waals surface area contributed by atoms with Crippen LogP contribution in [0.15, 0.2) is 0 Å². The normalized spacial score (nSPS) is 11.8. The van der Waals surface area contributed by atoms with Crippen molar-refractivity contribution in [3.63, 3.8) is 0 Å². The molecule has 2 N–H and O–H groups in total. The average molecular weight is 304 g/mol. The van der Waals surface area contributed by atoms with Gasteiger partial charge in [-0.05, 0) is 12.8 Å². The molecule has 1 atom stereocenters. The quantitative estimate of drug-likeness (QED) is 0.350. The fourth-order valence-corrected chi connectivity index (χ4v) is 1.71. The van der Waals surface area contributed by atoms with Crippen molar-refractivity contribution in [1.29, 1.82) is 0 Å². The highest BCUT2D eigenvalue weighted by atomic mass is 16.7. The Morgan fingerprint density at radius 3 is 1.62 bits per heavy atom. The Morgan fingerprint density at radius 1 is 0.905 bits per heavy atom. The number of carbonyl (C=O) groups excluding carboxylic acids is 2. The SMILES string of the molecule is CCCC(CC)C(OC(=O)CC(=O)O)OC(=O)CC(=O)O. The minimum atomic E-state index is -1.36. The molecule has 0 aliphatic carbocycles. The van der Waals surface area contributed by atoms with E-state index in [1.807, 2.05) is 6.92 Å². The third-order valence-electron chi connectivity index (χ3n) is 2.66. The molecule has 0 aliphatic heterocycles. The van der Waals surface area contributed by atoms with Crippen molar-refractivity contribution < 1.29 is 38.9 Å². The Bertz CT molecular complexity index is 360. The van der Waals surface area contributed by atoms with Gasteiger partial charge in [-0.2, -0.15) is 0 Å². The highest BCUT2D eigenvalue weighted by Gasteiger charge is 2.28. The van der Waals surface area contributed by atoms with E-state index in [0.717, 1.165) is 6.42 Å². The van der Waals surface area contributed by atoms with Gasteiger partial charge in [-0.25, -0.2) is 0 Å². The van der Waals surface area contributed by atoms with Gasteiger partial charge < -0.3 is 19.7 Å². The monoisotopic (exact) mass is 304 g/mol. The van der Waals surface area contributed by atoms with E-state index in [2.05, 4.69) is 0 Å². The van der Waals surface area contributed by atoms with Crippen LogP contribution >= 0.6 is 0 Å². The molecule has 0 saturated carbocycles. The zero-order chi connectivity index (χ0) is 16.4. The van der Waals surface area contributed by atoms with Crippen LogP contribution < -0.4 is 0 Å². The first kappa shape index (κ1) is 18.9. The zero-order valence-corrected chi connectivity index (χ0v) is 12.0. The van der Waals surface area contributed by atoms with Crippen molar-refractivity contribution in [3.8, 4) is 0 Å². The van der Waals surface area contributed by atoms with Crippen molar-refractivity contribution in [2.45, 2.75) is 52.2 Å². The molecule has 0 spiro atoms. The van der Waals surface area contributed by atoms with Crippen LogP contribution in [0.2, 0.25) is 0 Å². The molecule has 8 nitrogen and oxygen atoms in total. The van der Waals surface area contributed by atoms with Gasteiger partial charge in [0, 0.05) is 5.92 Å². The summed E-state index contributed by atoms with van der Waals surface area (Å²) >= 11 is 0. The molecule has 0 saturated heterocycles. The van der Waals surface area contributed by atoms with Gasteiger partial charge in [-0.15, -0.1) is 0 Å². The van der Waals surface area contributed by atoms with E-state index in [1.54, 1.807) is 6.92 Å². The van der Waals surface area contributed by atoms with Crippen LogP contribution in [0.3, 0.4) is 0 Å². The molecular weight excluding hydrogens is 284 g/mol. The van der Waals surface area contributed by atoms with Crippen molar-refractivity contribution in [3.05, 3.63) is 0 Å². The first-order chi connectivity index (χ1) is 9.79. The highest BCUT2D eigenvalue weighted by molar-refractivity contribution is 5.91. The van der Waals surface area contributed by atoms with E-state index in [-0.39, 0.29) is 5.92 Å². The van der Waals surface area contributed by atoms with Crippen LogP contribution in [0, 0.1) is 5.92 Å². The van der Waals surface area contributed by atoms with Gasteiger partial charge in [0.15, 0.2) is 0 Å². The molecule has 0 aromatic carbocycles. The number of esters is 2. The Kier molecular flexibility index (Phi) is 8.75. The summed E-state index contributed by atoms with van der Waals surface area (Å²) in [4.78, 5) is 43.6. The summed E-state index contributed by atoms with van der Waals surface area (Å²) in [5.41, 5.74) is 0. The molecule has 0 aromatic rings. The third-order valence-corrected chi connectivity index (χ3v) is 2.66. The molecule has 1 unspecified atom stereocenters. The number of aliphatic carboxylic acids is 2. The van der Waals surface area contributed by atoms with Crippen molar-refractivity contribution in [2.75, 3.05) is 0 Å². The van der Waals surface area contributed by atoms with Gasteiger partial charge in [0.05, 0.1) is 0 Å². The van der Waals surface area contributed by atoms with Gasteiger partial charge in [-0.3, -0.25) is 19.2 Å². The van der Waals surface area contributed by atoms with Crippen molar-refractivity contribution in [2.24, 2.45) is 5.92 Å². The van der Waals surface area contributed by atoms with Gasteiger partial charge in [0.1, 0.15) is 12.8 Å². The summed E-state index contributed by atoms with van der Waals surface area (Å²) < 4.78 is 9.73. The average Bonchev–Trinajstić information content (AvgIpc) is 2.32. The highest BCUT2D eigenvalue weighted by Crippen LogP contribution is 2.20. The van der Waals surface area contributed by atoms with Gasteiger partial charge >= 0.3 is 23.9 Å². The molecule has 0 heterocycles. The van der Waals surface area contributed by atoms with E-state index in [0.29, 0.717) is 12.8 Å². The first-order valence-electron chi connectivity index (χ1n) is 6.62. The first-order valence-corrected chi connectivity index (χ1v) is 6.62. The number of ether oxygens (including phenoxy) is 2. The molecule has 0 aromatic heterocycles. The van der Waals surface area contributed by atoms with Crippen LogP contribution in [0.1, 0.15) is 46.0 Å². The maximum Gasteiger partial charge on any atom is 0.320 e. The number of carbonyl (C=O) groups is 4. The Morgan fingerprint density at radius 2 is 1.33 bits per heavy atom. The van der Waals surface area contributed by atoms with Gasteiger partial charge in [-0.1, -0.05) is 20.3 Å². The second kappa shape index (κ2) is 9.73. The van der Waals surface area contributed by atoms with E-state index in [9.17, 15) is 19.2 Å². The van der Waals surface area contributed by atoms with E-state index in [1.165, 1.54) is 0 Å². The van der Waals surface area contributed by atoms with Gasteiger partial charge in [0.2, 0.25) is 6.29 Å². The van der Waals surface area contributed by atoms with Crippen LogP contribution in [0.5, 0.6) is 0 Å². The lowest BCUT2D eigenvalue weighted by atomic mass is 10.00. The maximum atomic E-state index is 11.4. The molecule has 21 heavy (non-hydrogen) atoms. The summed E-state index contributed by atoms with van der Waals surface area (Å²) in [7, 11) is 0. The standard InChI is InChI=1S/C13H20O8/c1-3-5-8(4-2)13(20-11(18)6-9(14)15)21-12(19)7-10(16)17/h8,13H,3-7H2,1-2H3,(H,14,15)(H,16,17). The van der Waals surface area contributed by atoms with Crippen LogP contribution in [-0.2, 0) is 28.7 Å². The minimum absolute atomic E-state index is 0.314. The molecule has 0 bridgehead atoms. The third kappa shape index (κ3) is 8.61. The number of carboxylic acid groups (broad SMARTS) is 2. The summed E-state index contributed by atoms with van der Waals surface area (Å²) in [5, 5.41) is 17.0. The number of rotatable bonds is 10.